The van der Waals surface area contributed by atoms with Crippen molar-refractivity contribution in [2.45, 2.75) is 83.9 Å². The van der Waals surface area contributed by atoms with E-state index in [1.54, 1.807) is 4.57 Å². The summed E-state index contributed by atoms with van der Waals surface area (Å²) in [6, 6.07) is 0. The number of aromatic nitrogens is 4. The highest BCUT2D eigenvalue weighted by atomic mass is 16.5. The van der Waals surface area contributed by atoms with Gasteiger partial charge in [-0.3, -0.25) is 18.7 Å². The lowest BCUT2D eigenvalue weighted by Crippen LogP contribution is -2.51. The molecule has 0 radical (unpaired) electrons. The van der Waals surface area contributed by atoms with Crippen LogP contribution in [0.25, 0.3) is 11.2 Å². The molecule has 3 saturated heterocycles. The summed E-state index contributed by atoms with van der Waals surface area (Å²) in [5.41, 5.74) is 0.179. The van der Waals surface area contributed by atoms with Crippen LogP contribution in [0.3, 0.4) is 0 Å². The molecule has 2 bridgehead atoms. The van der Waals surface area contributed by atoms with Gasteiger partial charge in [0, 0.05) is 38.4 Å². The van der Waals surface area contributed by atoms with E-state index in [0.29, 0.717) is 62.1 Å². The van der Waals surface area contributed by atoms with Crippen LogP contribution in [0.5, 0.6) is 0 Å². The normalized spacial score (nSPS) is 25.5. The van der Waals surface area contributed by atoms with E-state index >= 15 is 0 Å². The Labute approximate surface area is 205 Å². The minimum absolute atomic E-state index is 0.0269. The van der Waals surface area contributed by atoms with Crippen LogP contribution in [0.4, 0.5) is 0 Å². The molecule has 9 nitrogen and oxygen atoms in total. The smallest absolute Gasteiger partial charge is 0.332 e. The second kappa shape index (κ2) is 11.4. The molecule has 0 unspecified atom stereocenters. The van der Waals surface area contributed by atoms with Crippen molar-refractivity contribution in [3.63, 3.8) is 0 Å². The number of aromatic amines is 1. The minimum Gasteiger partial charge on any atom is -0.364 e. The van der Waals surface area contributed by atoms with E-state index in [1.807, 2.05) is 13.8 Å². The van der Waals surface area contributed by atoms with E-state index in [-0.39, 0.29) is 23.0 Å². The van der Waals surface area contributed by atoms with Crippen molar-refractivity contribution in [1.29, 1.82) is 0 Å². The number of rotatable bonds is 7. The molecular weight excluding hydrogens is 446 g/mol. The Balaban J connectivity index is 0.000000201. The molecule has 0 amide bonds. The van der Waals surface area contributed by atoms with Crippen LogP contribution in [0.2, 0.25) is 0 Å². The van der Waals surface area contributed by atoms with Crippen LogP contribution in [0.15, 0.2) is 9.59 Å². The third-order valence-corrected chi connectivity index (χ3v) is 7.38. The second-order valence-electron chi connectivity index (χ2n) is 9.88. The summed E-state index contributed by atoms with van der Waals surface area (Å²) in [6.45, 7) is 8.95. The number of carbonyl (C=O) groups excluding carboxylic acids is 1. The van der Waals surface area contributed by atoms with Crippen LogP contribution >= 0.6 is 0 Å². The Morgan fingerprint density at radius 2 is 1.80 bits per heavy atom. The molecule has 6 rings (SSSR count). The summed E-state index contributed by atoms with van der Waals surface area (Å²) in [5, 5.41) is 0. The van der Waals surface area contributed by atoms with Gasteiger partial charge in [-0.2, -0.15) is 0 Å². The van der Waals surface area contributed by atoms with Gasteiger partial charge < -0.3 is 14.6 Å². The highest BCUT2D eigenvalue weighted by molar-refractivity contribution is 5.81. The molecule has 5 heterocycles. The number of Topliss-reactive ketones (excluding diaryl/α,β-unsaturated/α-hetero) is 1. The minimum atomic E-state index is -0.317. The zero-order chi connectivity index (χ0) is 24.9. The van der Waals surface area contributed by atoms with Crippen LogP contribution < -0.4 is 11.2 Å². The number of imidazole rings is 1. The summed E-state index contributed by atoms with van der Waals surface area (Å²) < 4.78 is 8.44. The number of fused-ring (bicyclic) bond motifs is 4. The molecule has 1 aliphatic carbocycles. The predicted molar refractivity (Wildman–Crippen MR) is 135 cm³/mol. The summed E-state index contributed by atoms with van der Waals surface area (Å²) in [7, 11) is 0. The number of ether oxygens (including phenoxy) is 1. The van der Waals surface area contributed by atoms with Crippen LogP contribution in [0.1, 0.15) is 70.5 Å². The number of H-pyrrole nitrogens is 1. The van der Waals surface area contributed by atoms with Gasteiger partial charge in [0.25, 0.3) is 5.56 Å². The monoisotopic (exact) mass is 483 g/mol. The van der Waals surface area contributed by atoms with Crippen molar-refractivity contribution in [2.75, 3.05) is 26.2 Å². The predicted octanol–water partition coefficient (Wildman–Crippen LogP) is 2.27. The van der Waals surface area contributed by atoms with Crippen LogP contribution in [-0.2, 0) is 22.6 Å². The van der Waals surface area contributed by atoms with Gasteiger partial charge in [0.1, 0.15) is 23.7 Å². The molecule has 4 aliphatic rings. The standard InChI is InChI=1S/C16H22N4O3.C10H15NO/c1-3-7-19-14-12(15(22)20(8-4-2)16(19)23)17-13(18-14)10-5-6-11(21)9-10;1-2-7-12-10-8-11-5-3-9(10)4-6-11/h10H,3-9H2,1-2H3,(H,17,18);1,9-10H,3-8H2/t2*10-/m00/s1. The molecule has 0 spiro atoms. The quantitative estimate of drug-likeness (QED) is 0.606. The Morgan fingerprint density at radius 1 is 1.09 bits per heavy atom. The van der Waals surface area contributed by atoms with Gasteiger partial charge in [0.15, 0.2) is 5.65 Å². The molecule has 3 aliphatic heterocycles. The van der Waals surface area contributed by atoms with Crippen LogP contribution in [0, 0.1) is 18.3 Å². The average molecular weight is 484 g/mol. The van der Waals surface area contributed by atoms with Gasteiger partial charge in [-0.05, 0) is 51.1 Å². The number of carbonyl (C=O) groups is 1. The van der Waals surface area contributed by atoms with Gasteiger partial charge in [-0.15, -0.1) is 6.42 Å². The highest BCUT2D eigenvalue weighted by Gasteiger charge is 2.34. The summed E-state index contributed by atoms with van der Waals surface area (Å²) in [4.78, 5) is 46.8. The van der Waals surface area contributed by atoms with E-state index in [9.17, 15) is 14.4 Å². The largest absolute Gasteiger partial charge is 0.364 e. The van der Waals surface area contributed by atoms with Crippen LogP contribution in [-0.4, -0.2) is 62.1 Å². The van der Waals surface area contributed by atoms with E-state index in [0.717, 1.165) is 25.3 Å². The highest BCUT2D eigenvalue weighted by Crippen LogP contribution is 2.31. The van der Waals surface area contributed by atoms with Crippen molar-refractivity contribution in [2.24, 2.45) is 5.92 Å². The third-order valence-electron chi connectivity index (χ3n) is 7.38. The van der Waals surface area contributed by atoms with Crippen molar-refractivity contribution >= 4 is 16.9 Å². The first-order valence-corrected chi connectivity index (χ1v) is 13.0. The molecule has 0 aromatic carbocycles. The van der Waals surface area contributed by atoms with Crippen molar-refractivity contribution in [1.82, 2.24) is 24.0 Å². The van der Waals surface area contributed by atoms with Gasteiger partial charge in [-0.25, -0.2) is 9.78 Å². The number of hydrogen-bond acceptors (Lipinski definition) is 6. The molecule has 9 heteroatoms. The van der Waals surface area contributed by atoms with E-state index in [2.05, 4.69) is 20.8 Å². The van der Waals surface area contributed by atoms with E-state index in [4.69, 9.17) is 11.2 Å². The molecule has 1 saturated carbocycles. The Kier molecular flexibility index (Phi) is 8.24. The van der Waals surface area contributed by atoms with Gasteiger partial charge in [-0.1, -0.05) is 19.8 Å². The SMILES string of the molecule is C#CCO[C@H]1CN2CCC1CC2.CCCn1c(=O)c2[nH]c([C@H]3CCC(=O)C3)nc2n(CCC)c1=O. The molecule has 2 atom stereocenters. The molecular formula is C26H37N5O4. The second-order valence-corrected chi connectivity index (χ2v) is 9.88. The number of hydrogen-bond donors (Lipinski definition) is 1. The maximum atomic E-state index is 12.6. The zero-order valence-electron chi connectivity index (χ0n) is 20.9. The van der Waals surface area contributed by atoms with E-state index < -0.39 is 0 Å². The molecule has 2 aromatic rings. The first-order valence-electron chi connectivity index (χ1n) is 13.0. The lowest BCUT2D eigenvalue weighted by molar-refractivity contribution is -0.117. The fraction of sp³-hybridized carbons (Fsp3) is 0.692. The Morgan fingerprint density at radius 3 is 2.37 bits per heavy atom. The fourth-order valence-corrected chi connectivity index (χ4v) is 5.53. The van der Waals surface area contributed by atoms with Crippen molar-refractivity contribution < 1.29 is 9.53 Å². The van der Waals surface area contributed by atoms with Gasteiger partial charge in [0.2, 0.25) is 0 Å². The first-order chi connectivity index (χ1) is 17.0. The molecule has 4 fully saturated rings. The number of nitrogens with one attached hydrogen (secondary N) is 1. The number of ketones is 1. The van der Waals surface area contributed by atoms with Gasteiger partial charge in [0.05, 0.1) is 6.10 Å². The summed E-state index contributed by atoms with van der Waals surface area (Å²) in [6.07, 6.45) is 11.4. The molecule has 1 N–H and O–H groups in total. The third kappa shape index (κ3) is 5.44. The Hall–Kier alpha value is -2.70. The fourth-order valence-electron chi connectivity index (χ4n) is 5.53. The average Bonchev–Trinajstić information content (AvgIpc) is 3.51. The van der Waals surface area contributed by atoms with Gasteiger partial charge >= 0.3 is 5.69 Å². The maximum Gasteiger partial charge on any atom is 0.332 e. The number of nitrogens with zero attached hydrogens (tertiary/aromatic N) is 4. The zero-order valence-corrected chi connectivity index (χ0v) is 20.9. The maximum absolute atomic E-state index is 12.6. The first kappa shape index (κ1) is 25.4. The molecule has 2 aromatic heterocycles. The number of aryl methyl sites for hydroxylation is 1. The Bertz CT molecular complexity index is 1200. The lowest BCUT2D eigenvalue weighted by Gasteiger charge is -2.44. The number of piperidine rings is 3. The topological polar surface area (TPSA) is 102 Å². The molecule has 35 heavy (non-hydrogen) atoms. The lowest BCUT2D eigenvalue weighted by atomic mass is 9.86. The van der Waals surface area contributed by atoms with Crippen molar-refractivity contribution in [3.05, 3.63) is 26.7 Å². The van der Waals surface area contributed by atoms with Crippen molar-refractivity contribution in [3.8, 4) is 12.3 Å². The number of terminal acetylenes is 1. The molecule has 190 valence electrons. The summed E-state index contributed by atoms with van der Waals surface area (Å²) in [5.74, 6) is 4.22. The summed E-state index contributed by atoms with van der Waals surface area (Å²) >= 11 is 0. The van der Waals surface area contributed by atoms with E-state index in [1.165, 1.54) is 30.5 Å².